The van der Waals surface area contributed by atoms with Gasteiger partial charge in [0.15, 0.2) is 0 Å². The quantitative estimate of drug-likeness (QED) is 0.0607. The Morgan fingerprint density at radius 2 is 0.978 bits per heavy atom. The zero-order valence-electron chi connectivity index (χ0n) is 25.3. The number of benzene rings is 1. The van der Waals surface area contributed by atoms with Crippen molar-refractivity contribution in [1.29, 1.82) is 0 Å². The first-order chi connectivity index (χ1) is 21.3. The molecule has 17 heteroatoms. The summed E-state index contributed by atoms with van der Waals surface area (Å²) >= 11 is 0. The van der Waals surface area contributed by atoms with Gasteiger partial charge in [-0.1, -0.05) is 17.7 Å². The second-order valence-electron chi connectivity index (χ2n) is 9.97. The second-order valence-corrected chi connectivity index (χ2v) is 9.97. The maximum Gasteiger partial charge on any atom is 0.317 e. The van der Waals surface area contributed by atoms with E-state index in [1.54, 1.807) is 12.1 Å². The number of carboxylic acids is 4. The Labute approximate surface area is 260 Å². The van der Waals surface area contributed by atoms with Crippen molar-refractivity contribution in [2.24, 2.45) is 0 Å². The summed E-state index contributed by atoms with van der Waals surface area (Å²) in [6.45, 7) is 1.07. The SMILES string of the molecule is Cc1ccc(C(=O)NCCOCCOCCNC(=O)CN(CCN(CCN(CC(=O)O)CC(=O)O)CC(=O)O)CC(=O)O)cc1. The van der Waals surface area contributed by atoms with Gasteiger partial charge in [0, 0.05) is 44.8 Å². The Morgan fingerprint density at radius 1 is 0.578 bits per heavy atom. The highest BCUT2D eigenvalue weighted by Gasteiger charge is 2.19. The van der Waals surface area contributed by atoms with E-state index in [0.29, 0.717) is 18.7 Å². The predicted molar refractivity (Wildman–Crippen MR) is 158 cm³/mol. The van der Waals surface area contributed by atoms with Crippen LogP contribution in [0.15, 0.2) is 24.3 Å². The van der Waals surface area contributed by atoms with Crippen LogP contribution in [-0.2, 0) is 33.4 Å². The number of rotatable bonds is 26. The minimum absolute atomic E-state index is 0.00306. The van der Waals surface area contributed by atoms with Crippen LogP contribution in [0, 0.1) is 6.92 Å². The lowest BCUT2D eigenvalue weighted by Gasteiger charge is -2.27. The van der Waals surface area contributed by atoms with Crippen LogP contribution in [0.5, 0.6) is 0 Å². The molecule has 17 nitrogen and oxygen atoms in total. The maximum absolute atomic E-state index is 12.4. The molecule has 0 atom stereocenters. The third kappa shape index (κ3) is 20.4. The molecule has 1 rings (SSSR count). The molecule has 0 fully saturated rings. The normalized spacial score (nSPS) is 11.1. The molecule has 0 bridgehead atoms. The number of carboxylic acid groups (broad SMARTS) is 4. The van der Waals surface area contributed by atoms with E-state index in [4.69, 9.17) is 19.7 Å². The number of ether oxygens (including phenoxy) is 2. The zero-order chi connectivity index (χ0) is 33.6. The van der Waals surface area contributed by atoms with Gasteiger partial charge in [-0.2, -0.15) is 0 Å². The lowest BCUT2D eigenvalue weighted by Crippen LogP contribution is -2.46. The molecule has 252 valence electrons. The van der Waals surface area contributed by atoms with E-state index in [-0.39, 0.29) is 65.0 Å². The molecule has 1 aromatic rings. The van der Waals surface area contributed by atoms with Crippen molar-refractivity contribution in [3.63, 3.8) is 0 Å². The first kappa shape index (κ1) is 38.9. The van der Waals surface area contributed by atoms with Gasteiger partial charge in [0.1, 0.15) is 0 Å². The number of carbonyl (C=O) groups excluding carboxylic acids is 2. The van der Waals surface area contributed by atoms with E-state index in [1.165, 1.54) is 9.80 Å². The first-order valence-electron chi connectivity index (χ1n) is 14.2. The van der Waals surface area contributed by atoms with Crippen molar-refractivity contribution in [3.05, 3.63) is 35.4 Å². The van der Waals surface area contributed by atoms with Crippen LogP contribution >= 0.6 is 0 Å². The van der Waals surface area contributed by atoms with Crippen molar-refractivity contribution < 1.29 is 58.7 Å². The van der Waals surface area contributed by atoms with E-state index in [1.807, 2.05) is 19.1 Å². The lowest BCUT2D eigenvalue weighted by molar-refractivity contribution is -0.143. The molecule has 0 radical (unpaired) electrons. The van der Waals surface area contributed by atoms with Gasteiger partial charge in [0.05, 0.1) is 59.2 Å². The number of amides is 2. The van der Waals surface area contributed by atoms with Crippen LogP contribution < -0.4 is 10.6 Å². The average Bonchev–Trinajstić information content (AvgIpc) is 2.94. The largest absolute Gasteiger partial charge is 0.480 e. The number of aliphatic carboxylic acids is 4. The fourth-order valence-corrected chi connectivity index (χ4v) is 3.92. The van der Waals surface area contributed by atoms with E-state index < -0.39 is 56.0 Å². The van der Waals surface area contributed by atoms with Crippen molar-refractivity contribution in [3.8, 4) is 0 Å². The molecule has 0 aliphatic carbocycles. The van der Waals surface area contributed by atoms with Gasteiger partial charge in [-0.3, -0.25) is 43.5 Å². The summed E-state index contributed by atoms with van der Waals surface area (Å²) in [7, 11) is 0. The molecule has 1 aromatic carbocycles. The van der Waals surface area contributed by atoms with Crippen LogP contribution in [-0.4, -0.2) is 169 Å². The van der Waals surface area contributed by atoms with Crippen molar-refractivity contribution in [2.75, 3.05) is 98.4 Å². The van der Waals surface area contributed by atoms with Crippen LogP contribution in [0.1, 0.15) is 15.9 Å². The number of carbonyl (C=O) groups is 6. The Bertz CT molecular complexity index is 1090. The summed E-state index contributed by atoms with van der Waals surface area (Å²) in [5.41, 5.74) is 1.62. The lowest BCUT2D eigenvalue weighted by atomic mass is 10.1. The van der Waals surface area contributed by atoms with Gasteiger partial charge >= 0.3 is 23.9 Å². The molecule has 0 aliphatic heterocycles. The van der Waals surface area contributed by atoms with Gasteiger partial charge < -0.3 is 40.5 Å². The summed E-state index contributed by atoms with van der Waals surface area (Å²) in [6.07, 6.45) is 0. The summed E-state index contributed by atoms with van der Waals surface area (Å²) in [5, 5.41) is 41.8. The molecule has 2 amide bonds. The topological polar surface area (TPSA) is 236 Å². The molecule has 0 saturated heterocycles. The first-order valence-corrected chi connectivity index (χ1v) is 14.2. The molecular formula is C28H43N5O12. The van der Waals surface area contributed by atoms with Crippen LogP contribution in [0.2, 0.25) is 0 Å². The summed E-state index contributed by atoms with van der Waals surface area (Å²) in [5.74, 6) is -5.53. The minimum atomic E-state index is -1.24. The third-order valence-electron chi connectivity index (χ3n) is 6.05. The highest BCUT2D eigenvalue weighted by atomic mass is 16.5. The Kier molecular flexibility index (Phi) is 19.3. The molecule has 6 N–H and O–H groups in total. The standard InChI is InChI=1S/C28H43N5O12/c1-21-2-4-22(5-3-21)28(43)30-7-13-45-15-14-44-12-6-29-23(34)16-32(18-25(37)38)10-8-31(17-24(35)36)9-11-33(19-26(39)40)20-27(41)42/h2-5H,6-20H2,1H3,(H,29,34)(H,30,43)(H,35,36)(H,37,38)(H,39,40)(H,41,42). The van der Waals surface area contributed by atoms with Crippen molar-refractivity contribution in [2.45, 2.75) is 6.92 Å². The fraction of sp³-hybridized carbons (Fsp3) is 0.571. The fourth-order valence-electron chi connectivity index (χ4n) is 3.92. The van der Waals surface area contributed by atoms with Gasteiger partial charge in [0.25, 0.3) is 5.91 Å². The third-order valence-corrected chi connectivity index (χ3v) is 6.05. The molecule has 0 aromatic heterocycles. The number of aryl methyl sites for hydroxylation is 1. The summed E-state index contributed by atoms with van der Waals surface area (Å²) in [4.78, 5) is 72.9. The van der Waals surface area contributed by atoms with Gasteiger partial charge in [-0.15, -0.1) is 0 Å². The second kappa shape index (κ2) is 22.4. The van der Waals surface area contributed by atoms with Gasteiger partial charge in [-0.05, 0) is 19.1 Å². The monoisotopic (exact) mass is 641 g/mol. The minimum Gasteiger partial charge on any atom is -0.480 e. The smallest absolute Gasteiger partial charge is 0.317 e. The van der Waals surface area contributed by atoms with E-state index in [9.17, 15) is 39.0 Å². The van der Waals surface area contributed by atoms with Crippen molar-refractivity contribution in [1.82, 2.24) is 25.3 Å². The molecule has 45 heavy (non-hydrogen) atoms. The molecule has 0 aliphatic rings. The molecule has 0 unspecified atom stereocenters. The van der Waals surface area contributed by atoms with Gasteiger partial charge in [-0.25, -0.2) is 0 Å². The summed E-state index contributed by atoms with van der Waals surface area (Å²) in [6, 6.07) is 7.20. The predicted octanol–water partition coefficient (Wildman–Crippen LogP) is -1.88. The Hall–Kier alpha value is -4.16. The number of hydrogen-bond donors (Lipinski definition) is 6. The summed E-state index contributed by atoms with van der Waals surface area (Å²) < 4.78 is 10.8. The number of nitrogens with zero attached hydrogens (tertiary/aromatic N) is 3. The van der Waals surface area contributed by atoms with Crippen LogP contribution in [0.25, 0.3) is 0 Å². The molecule has 0 saturated carbocycles. The van der Waals surface area contributed by atoms with Crippen LogP contribution in [0.3, 0.4) is 0 Å². The Balaban J connectivity index is 2.34. The van der Waals surface area contributed by atoms with E-state index in [2.05, 4.69) is 10.6 Å². The zero-order valence-corrected chi connectivity index (χ0v) is 25.3. The van der Waals surface area contributed by atoms with E-state index >= 15 is 0 Å². The van der Waals surface area contributed by atoms with Crippen LogP contribution in [0.4, 0.5) is 0 Å². The van der Waals surface area contributed by atoms with Gasteiger partial charge in [0.2, 0.25) is 5.91 Å². The maximum atomic E-state index is 12.4. The average molecular weight is 642 g/mol. The molecule has 0 spiro atoms. The Morgan fingerprint density at radius 3 is 1.44 bits per heavy atom. The highest BCUT2D eigenvalue weighted by molar-refractivity contribution is 5.94. The van der Waals surface area contributed by atoms with Crippen molar-refractivity contribution >= 4 is 35.7 Å². The van der Waals surface area contributed by atoms with E-state index in [0.717, 1.165) is 10.5 Å². The highest BCUT2D eigenvalue weighted by Crippen LogP contribution is 2.02. The number of hydrogen-bond acceptors (Lipinski definition) is 11. The molecule has 0 heterocycles. The number of nitrogens with one attached hydrogen (secondary N) is 2. The molecular weight excluding hydrogens is 598 g/mol.